The van der Waals surface area contributed by atoms with E-state index in [1.54, 1.807) is 13.8 Å². The molecule has 8 heteroatoms. The molecule has 0 aliphatic rings. The number of halogens is 2. The van der Waals surface area contributed by atoms with Crippen molar-refractivity contribution in [1.29, 1.82) is 0 Å². The van der Waals surface area contributed by atoms with E-state index in [4.69, 9.17) is 5.11 Å². The molecule has 0 aliphatic heterocycles. The third-order valence-corrected chi connectivity index (χ3v) is 2.94. The zero-order valence-corrected chi connectivity index (χ0v) is 10.1. The fourth-order valence-corrected chi connectivity index (χ4v) is 1.56. The summed E-state index contributed by atoms with van der Waals surface area (Å²) in [5.74, 6) is -1.56. The van der Waals surface area contributed by atoms with Gasteiger partial charge in [0.25, 0.3) is 6.43 Å². The van der Waals surface area contributed by atoms with Gasteiger partial charge >= 0.3 is 5.97 Å². The van der Waals surface area contributed by atoms with E-state index in [0.717, 1.165) is 4.68 Å². The van der Waals surface area contributed by atoms with E-state index in [2.05, 4.69) is 10.3 Å². The van der Waals surface area contributed by atoms with Crippen LogP contribution in [0.5, 0.6) is 0 Å². The number of carboxylic acid groups (broad SMARTS) is 1. The van der Waals surface area contributed by atoms with Crippen molar-refractivity contribution in [3.05, 3.63) is 11.4 Å². The van der Waals surface area contributed by atoms with Crippen molar-refractivity contribution in [1.82, 2.24) is 15.0 Å². The number of aromatic carboxylic acids is 1. The Morgan fingerprint density at radius 2 is 2.00 bits per heavy atom. The van der Waals surface area contributed by atoms with Gasteiger partial charge in [-0.15, -0.1) is 5.10 Å². The monoisotopic (exact) mass is 263 g/mol. The summed E-state index contributed by atoms with van der Waals surface area (Å²) in [6, 6.07) is 0. The smallest absolute Gasteiger partial charge is 0.358 e. The minimum Gasteiger partial charge on any atom is -0.476 e. The Balaban J connectivity index is 3.14. The van der Waals surface area contributed by atoms with E-state index in [0.29, 0.717) is 12.8 Å². The van der Waals surface area contributed by atoms with Gasteiger partial charge in [-0.3, -0.25) is 0 Å². The molecular weight excluding hydrogens is 248 g/mol. The van der Waals surface area contributed by atoms with Crippen molar-refractivity contribution in [3.63, 3.8) is 0 Å². The number of carboxylic acids is 1. The van der Waals surface area contributed by atoms with Crippen LogP contribution in [0.15, 0.2) is 0 Å². The molecule has 0 fully saturated rings. The number of hydrogen-bond acceptors (Lipinski definition) is 4. The Hall–Kier alpha value is -1.57. The quantitative estimate of drug-likeness (QED) is 0.811. The van der Waals surface area contributed by atoms with E-state index >= 15 is 0 Å². The van der Waals surface area contributed by atoms with Crippen molar-refractivity contribution in [2.24, 2.45) is 0 Å². The minimum absolute atomic E-state index is 0.208. The highest BCUT2D eigenvalue weighted by molar-refractivity contribution is 5.86. The van der Waals surface area contributed by atoms with Crippen molar-refractivity contribution in [3.8, 4) is 0 Å². The van der Waals surface area contributed by atoms with Crippen LogP contribution in [0.1, 0.15) is 49.3 Å². The van der Waals surface area contributed by atoms with E-state index in [9.17, 15) is 18.7 Å². The van der Waals surface area contributed by atoms with E-state index in [1.165, 1.54) is 0 Å². The Kier molecular flexibility index (Phi) is 4.33. The predicted molar refractivity (Wildman–Crippen MR) is 57.5 cm³/mol. The van der Waals surface area contributed by atoms with Crippen molar-refractivity contribution in [2.75, 3.05) is 0 Å². The molecule has 0 saturated heterocycles. The van der Waals surface area contributed by atoms with Crippen LogP contribution in [0, 0.1) is 0 Å². The second-order valence-electron chi connectivity index (χ2n) is 4.02. The molecule has 0 radical (unpaired) electrons. The lowest BCUT2D eigenvalue weighted by Crippen LogP contribution is -2.34. The third kappa shape index (κ3) is 2.81. The predicted octanol–water partition coefficient (Wildman–Crippen LogP) is 1.46. The summed E-state index contributed by atoms with van der Waals surface area (Å²) < 4.78 is 26.4. The molecule has 0 amide bonds. The van der Waals surface area contributed by atoms with Gasteiger partial charge in [-0.25, -0.2) is 18.3 Å². The lowest BCUT2D eigenvalue weighted by atomic mass is 9.97. The van der Waals surface area contributed by atoms with Crippen LogP contribution in [0.25, 0.3) is 0 Å². The van der Waals surface area contributed by atoms with Gasteiger partial charge in [0, 0.05) is 0 Å². The lowest BCUT2D eigenvalue weighted by molar-refractivity contribution is 0.00749. The van der Waals surface area contributed by atoms with Gasteiger partial charge in [0.05, 0.1) is 12.1 Å². The first-order valence-corrected chi connectivity index (χ1v) is 5.51. The zero-order valence-electron chi connectivity index (χ0n) is 10.1. The first-order valence-electron chi connectivity index (χ1n) is 5.51. The third-order valence-electron chi connectivity index (χ3n) is 2.94. The van der Waals surface area contributed by atoms with Crippen molar-refractivity contribution >= 4 is 5.97 Å². The molecule has 1 aromatic heterocycles. The van der Waals surface area contributed by atoms with Gasteiger partial charge < -0.3 is 10.2 Å². The maximum Gasteiger partial charge on any atom is 0.358 e. The second kappa shape index (κ2) is 5.38. The Bertz CT molecular complexity index is 430. The minimum atomic E-state index is -3.01. The van der Waals surface area contributed by atoms with Gasteiger partial charge in [-0.1, -0.05) is 19.1 Å². The van der Waals surface area contributed by atoms with Gasteiger partial charge in [0.1, 0.15) is 5.69 Å². The van der Waals surface area contributed by atoms with Gasteiger partial charge in [0.2, 0.25) is 0 Å². The molecule has 0 atom stereocenters. The molecule has 1 heterocycles. The maximum absolute atomic E-state index is 12.8. The number of nitrogens with zero attached hydrogens (tertiary/aromatic N) is 3. The first kappa shape index (κ1) is 14.5. The van der Waals surface area contributed by atoms with Crippen LogP contribution >= 0.6 is 0 Å². The molecule has 0 aromatic carbocycles. The van der Waals surface area contributed by atoms with Crippen LogP contribution < -0.4 is 0 Å². The standard InChI is InChI=1S/C10H15F2N3O3/c1-3-10(18,4-2)5-15-7(8(11)12)6(9(16)17)13-14-15/h8,18H,3-5H2,1-2H3,(H,16,17). The molecule has 1 rings (SSSR count). The number of rotatable bonds is 6. The number of aromatic nitrogens is 3. The molecule has 0 bridgehead atoms. The Morgan fingerprint density at radius 3 is 2.39 bits per heavy atom. The van der Waals surface area contributed by atoms with Crippen LogP contribution in [0.3, 0.4) is 0 Å². The SMILES string of the molecule is CCC(O)(CC)Cn1nnc(C(=O)O)c1C(F)F. The molecule has 6 nitrogen and oxygen atoms in total. The van der Waals surface area contributed by atoms with E-state index in [-0.39, 0.29) is 6.54 Å². The highest BCUT2D eigenvalue weighted by Gasteiger charge is 2.31. The molecule has 1 aromatic rings. The van der Waals surface area contributed by atoms with Crippen LogP contribution in [-0.4, -0.2) is 36.8 Å². The van der Waals surface area contributed by atoms with Gasteiger partial charge in [-0.05, 0) is 12.8 Å². The largest absolute Gasteiger partial charge is 0.476 e. The van der Waals surface area contributed by atoms with Crippen LogP contribution in [-0.2, 0) is 6.54 Å². The van der Waals surface area contributed by atoms with Crippen molar-refractivity contribution < 1.29 is 23.8 Å². The molecular formula is C10H15F2N3O3. The van der Waals surface area contributed by atoms with Gasteiger partial charge in [-0.2, -0.15) is 0 Å². The second-order valence-corrected chi connectivity index (χ2v) is 4.02. The Morgan fingerprint density at radius 1 is 1.44 bits per heavy atom. The number of hydrogen-bond donors (Lipinski definition) is 2. The molecule has 102 valence electrons. The number of alkyl halides is 2. The molecule has 0 unspecified atom stereocenters. The maximum atomic E-state index is 12.8. The summed E-state index contributed by atoms with van der Waals surface area (Å²) in [7, 11) is 0. The summed E-state index contributed by atoms with van der Waals surface area (Å²) in [5, 5.41) is 25.4. The number of aliphatic hydroxyl groups is 1. The molecule has 0 spiro atoms. The highest BCUT2D eigenvalue weighted by atomic mass is 19.3. The fourth-order valence-electron chi connectivity index (χ4n) is 1.56. The molecule has 0 aliphatic carbocycles. The summed E-state index contributed by atoms with van der Waals surface area (Å²) in [4.78, 5) is 10.7. The van der Waals surface area contributed by atoms with Crippen molar-refractivity contribution in [2.45, 2.75) is 45.3 Å². The fraction of sp³-hybridized carbons (Fsp3) is 0.700. The zero-order chi connectivity index (χ0) is 13.9. The van der Waals surface area contributed by atoms with E-state index < -0.39 is 29.4 Å². The number of carbonyl (C=O) groups is 1. The highest BCUT2D eigenvalue weighted by Crippen LogP contribution is 2.25. The first-order chi connectivity index (χ1) is 8.34. The molecule has 0 saturated carbocycles. The Labute approximate surface area is 102 Å². The van der Waals surface area contributed by atoms with Crippen LogP contribution in [0.2, 0.25) is 0 Å². The van der Waals surface area contributed by atoms with Gasteiger partial charge in [0.15, 0.2) is 5.69 Å². The summed E-state index contributed by atoms with van der Waals surface area (Å²) in [5.41, 5.74) is -2.75. The normalized spacial score (nSPS) is 12.1. The summed E-state index contributed by atoms with van der Waals surface area (Å²) >= 11 is 0. The topological polar surface area (TPSA) is 88.2 Å². The summed E-state index contributed by atoms with van der Waals surface area (Å²) in [6.07, 6.45) is -2.33. The lowest BCUT2D eigenvalue weighted by Gasteiger charge is -2.25. The average Bonchev–Trinajstić information content (AvgIpc) is 2.72. The summed E-state index contributed by atoms with van der Waals surface area (Å²) in [6.45, 7) is 3.21. The van der Waals surface area contributed by atoms with E-state index in [1.807, 2.05) is 0 Å². The average molecular weight is 263 g/mol. The molecule has 2 N–H and O–H groups in total. The van der Waals surface area contributed by atoms with Crippen LogP contribution in [0.4, 0.5) is 8.78 Å². The molecule has 18 heavy (non-hydrogen) atoms.